The maximum absolute atomic E-state index is 12.1. The van der Waals surface area contributed by atoms with Crippen molar-refractivity contribution in [3.8, 4) is 5.75 Å². The minimum absolute atomic E-state index is 0.0467. The standard InChI is InChI=1S/C15H18O4/c1-3-19-12-5-4-11-6-10(8-15(17)18-2)7-14(16)13(11)9-12/h4-5,9-10H,3,6-8H2,1-2H3. The van der Waals surface area contributed by atoms with E-state index in [-0.39, 0.29) is 17.7 Å². The van der Waals surface area contributed by atoms with Crippen LogP contribution in [0.2, 0.25) is 0 Å². The molecule has 0 aliphatic heterocycles. The van der Waals surface area contributed by atoms with E-state index in [1.807, 2.05) is 19.1 Å². The first-order valence-corrected chi connectivity index (χ1v) is 6.49. The van der Waals surface area contributed by atoms with Crippen LogP contribution in [0.1, 0.15) is 35.7 Å². The molecule has 1 aliphatic carbocycles. The first kappa shape index (κ1) is 13.6. The number of Topliss-reactive ketones (excluding diaryl/α,β-unsaturated/α-hetero) is 1. The quantitative estimate of drug-likeness (QED) is 0.782. The summed E-state index contributed by atoms with van der Waals surface area (Å²) in [6, 6.07) is 5.59. The summed E-state index contributed by atoms with van der Waals surface area (Å²) in [5.41, 5.74) is 1.72. The molecule has 0 radical (unpaired) electrons. The maximum atomic E-state index is 12.1. The summed E-state index contributed by atoms with van der Waals surface area (Å²) < 4.78 is 10.1. The van der Waals surface area contributed by atoms with Gasteiger partial charge >= 0.3 is 5.97 Å². The van der Waals surface area contributed by atoms with Crippen LogP contribution < -0.4 is 4.74 Å². The molecule has 4 heteroatoms. The second-order valence-electron chi connectivity index (χ2n) is 4.73. The third-order valence-electron chi connectivity index (χ3n) is 3.36. The molecule has 1 aliphatic rings. The van der Waals surface area contributed by atoms with E-state index in [4.69, 9.17) is 4.74 Å². The summed E-state index contributed by atoms with van der Waals surface area (Å²) in [7, 11) is 1.37. The lowest BCUT2D eigenvalue weighted by atomic mass is 9.81. The van der Waals surface area contributed by atoms with Gasteiger partial charge in [-0.1, -0.05) is 6.07 Å². The summed E-state index contributed by atoms with van der Waals surface area (Å²) in [5.74, 6) is 0.593. The molecule has 0 saturated carbocycles. The molecule has 0 N–H and O–H groups in total. The lowest BCUT2D eigenvalue weighted by molar-refractivity contribution is -0.141. The number of ether oxygens (including phenoxy) is 2. The first-order valence-electron chi connectivity index (χ1n) is 6.49. The van der Waals surface area contributed by atoms with Crippen LogP contribution in [0.3, 0.4) is 0 Å². The molecule has 0 amide bonds. The molecule has 1 atom stereocenters. The van der Waals surface area contributed by atoms with Gasteiger partial charge in [-0.2, -0.15) is 0 Å². The van der Waals surface area contributed by atoms with Crippen LogP contribution in [0.25, 0.3) is 0 Å². The zero-order valence-electron chi connectivity index (χ0n) is 11.3. The van der Waals surface area contributed by atoms with E-state index in [0.29, 0.717) is 19.4 Å². The van der Waals surface area contributed by atoms with Gasteiger partial charge in [0.05, 0.1) is 13.7 Å². The Bertz CT molecular complexity index is 493. The smallest absolute Gasteiger partial charge is 0.305 e. The lowest BCUT2D eigenvalue weighted by Gasteiger charge is -2.23. The first-order chi connectivity index (χ1) is 9.13. The molecule has 0 bridgehead atoms. The van der Waals surface area contributed by atoms with E-state index in [1.165, 1.54) is 7.11 Å². The van der Waals surface area contributed by atoms with Gasteiger partial charge in [0, 0.05) is 18.4 Å². The van der Waals surface area contributed by atoms with Crippen LogP contribution in [0.4, 0.5) is 0 Å². The molecule has 102 valence electrons. The molecule has 0 heterocycles. The molecule has 1 aromatic carbocycles. The van der Waals surface area contributed by atoms with E-state index in [2.05, 4.69) is 4.74 Å². The van der Waals surface area contributed by atoms with Gasteiger partial charge in [-0.3, -0.25) is 9.59 Å². The average molecular weight is 262 g/mol. The molecular weight excluding hydrogens is 244 g/mol. The highest BCUT2D eigenvalue weighted by molar-refractivity contribution is 5.99. The molecular formula is C15H18O4. The molecule has 0 aromatic heterocycles. The highest BCUT2D eigenvalue weighted by atomic mass is 16.5. The van der Waals surface area contributed by atoms with Crippen molar-refractivity contribution < 1.29 is 19.1 Å². The highest BCUT2D eigenvalue weighted by Gasteiger charge is 2.27. The summed E-state index contributed by atoms with van der Waals surface area (Å²) in [4.78, 5) is 23.4. The summed E-state index contributed by atoms with van der Waals surface area (Å²) in [6.07, 6.45) is 1.44. The van der Waals surface area contributed by atoms with Crippen molar-refractivity contribution in [3.63, 3.8) is 0 Å². The molecule has 1 aromatic rings. The third kappa shape index (κ3) is 3.13. The van der Waals surface area contributed by atoms with Crippen molar-refractivity contribution in [1.82, 2.24) is 0 Å². The predicted molar refractivity (Wildman–Crippen MR) is 70.4 cm³/mol. The number of methoxy groups -OCH3 is 1. The second-order valence-corrected chi connectivity index (χ2v) is 4.73. The Morgan fingerprint density at radius 3 is 2.84 bits per heavy atom. The Balaban J connectivity index is 2.16. The van der Waals surface area contributed by atoms with Gasteiger partial charge in [-0.05, 0) is 37.0 Å². The number of fused-ring (bicyclic) bond motifs is 1. The molecule has 19 heavy (non-hydrogen) atoms. The van der Waals surface area contributed by atoms with E-state index in [1.54, 1.807) is 6.07 Å². The van der Waals surface area contributed by atoms with Gasteiger partial charge < -0.3 is 9.47 Å². The number of benzene rings is 1. The Morgan fingerprint density at radius 1 is 1.37 bits per heavy atom. The van der Waals surface area contributed by atoms with Gasteiger partial charge in [0.1, 0.15) is 5.75 Å². The molecule has 1 unspecified atom stereocenters. The zero-order valence-corrected chi connectivity index (χ0v) is 11.3. The third-order valence-corrected chi connectivity index (χ3v) is 3.36. The zero-order chi connectivity index (χ0) is 13.8. The Morgan fingerprint density at radius 2 is 2.16 bits per heavy atom. The van der Waals surface area contributed by atoms with Crippen molar-refractivity contribution in [2.75, 3.05) is 13.7 Å². The van der Waals surface area contributed by atoms with E-state index in [0.717, 1.165) is 23.3 Å². The highest BCUT2D eigenvalue weighted by Crippen LogP contribution is 2.30. The molecule has 4 nitrogen and oxygen atoms in total. The largest absolute Gasteiger partial charge is 0.494 e. The van der Waals surface area contributed by atoms with Crippen molar-refractivity contribution >= 4 is 11.8 Å². The van der Waals surface area contributed by atoms with Crippen LogP contribution in [0.5, 0.6) is 5.75 Å². The van der Waals surface area contributed by atoms with Crippen LogP contribution >= 0.6 is 0 Å². The van der Waals surface area contributed by atoms with Crippen LogP contribution in [-0.2, 0) is 16.0 Å². The van der Waals surface area contributed by atoms with E-state index >= 15 is 0 Å². The fraction of sp³-hybridized carbons (Fsp3) is 0.467. The van der Waals surface area contributed by atoms with Crippen molar-refractivity contribution in [2.24, 2.45) is 5.92 Å². The fourth-order valence-corrected chi connectivity index (χ4v) is 2.47. The van der Waals surface area contributed by atoms with Crippen LogP contribution in [-0.4, -0.2) is 25.5 Å². The fourth-order valence-electron chi connectivity index (χ4n) is 2.47. The van der Waals surface area contributed by atoms with Crippen molar-refractivity contribution in [1.29, 1.82) is 0 Å². The number of carbonyl (C=O) groups excluding carboxylic acids is 2. The summed E-state index contributed by atoms with van der Waals surface area (Å²) in [5, 5.41) is 0. The SMILES string of the molecule is CCOc1ccc2c(c1)C(=O)CC(CC(=O)OC)C2. The van der Waals surface area contributed by atoms with Gasteiger partial charge in [-0.15, -0.1) is 0 Å². The number of hydrogen-bond acceptors (Lipinski definition) is 4. The van der Waals surface area contributed by atoms with Gasteiger partial charge in [0.2, 0.25) is 0 Å². The monoisotopic (exact) mass is 262 g/mol. The molecule has 0 saturated heterocycles. The van der Waals surface area contributed by atoms with Gasteiger partial charge in [0.15, 0.2) is 5.78 Å². The predicted octanol–water partition coefficient (Wildman–Crippen LogP) is 2.39. The van der Waals surface area contributed by atoms with E-state index < -0.39 is 0 Å². The summed E-state index contributed by atoms with van der Waals surface area (Å²) in [6.45, 7) is 2.49. The average Bonchev–Trinajstić information content (AvgIpc) is 2.40. The molecule has 0 fully saturated rings. The summed E-state index contributed by atoms with van der Waals surface area (Å²) >= 11 is 0. The Kier molecular flexibility index (Phi) is 4.20. The lowest BCUT2D eigenvalue weighted by Crippen LogP contribution is -2.23. The number of rotatable bonds is 4. The minimum Gasteiger partial charge on any atom is -0.494 e. The van der Waals surface area contributed by atoms with Crippen LogP contribution in [0.15, 0.2) is 18.2 Å². The minimum atomic E-state index is -0.257. The van der Waals surface area contributed by atoms with Gasteiger partial charge in [-0.25, -0.2) is 0 Å². The second kappa shape index (κ2) is 5.87. The maximum Gasteiger partial charge on any atom is 0.305 e. The van der Waals surface area contributed by atoms with Gasteiger partial charge in [0.25, 0.3) is 0 Å². The Hall–Kier alpha value is -1.84. The topological polar surface area (TPSA) is 52.6 Å². The number of ketones is 1. The number of esters is 1. The molecule has 0 spiro atoms. The van der Waals surface area contributed by atoms with Crippen molar-refractivity contribution in [3.05, 3.63) is 29.3 Å². The van der Waals surface area contributed by atoms with E-state index in [9.17, 15) is 9.59 Å². The normalized spacial score (nSPS) is 17.8. The number of hydrogen-bond donors (Lipinski definition) is 0. The molecule has 2 rings (SSSR count). The number of carbonyl (C=O) groups is 2. The van der Waals surface area contributed by atoms with Crippen molar-refractivity contribution in [2.45, 2.75) is 26.2 Å². The van der Waals surface area contributed by atoms with Crippen LogP contribution in [0, 0.1) is 5.92 Å². The Labute approximate surface area is 112 Å².